The van der Waals surface area contributed by atoms with Crippen LogP contribution in [0.5, 0.6) is 0 Å². The number of tetrazole rings is 1. The summed E-state index contributed by atoms with van der Waals surface area (Å²) in [6, 6.07) is -3.71. The summed E-state index contributed by atoms with van der Waals surface area (Å²) < 4.78 is 1.43. The topological polar surface area (TPSA) is 220 Å². The Kier molecular flexibility index (Phi) is 8.64. The molecule has 17 nitrogen and oxygen atoms in total. The van der Waals surface area contributed by atoms with Crippen LogP contribution in [-0.2, 0) is 31.0 Å². The number of hydrogen-bond donors (Lipinski definition) is 4. The predicted octanol–water partition coefficient (Wildman–Crippen LogP) is -2.81. The van der Waals surface area contributed by atoms with Crippen molar-refractivity contribution in [2.24, 2.45) is 7.05 Å². The fourth-order valence-corrected chi connectivity index (χ4v) is 6.65. The van der Waals surface area contributed by atoms with Gasteiger partial charge in [-0.25, -0.2) is 14.3 Å². The summed E-state index contributed by atoms with van der Waals surface area (Å²) in [7, 11) is 1.64. The highest BCUT2D eigenvalue weighted by molar-refractivity contribution is 8.01. The van der Waals surface area contributed by atoms with Gasteiger partial charge in [-0.3, -0.25) is 29.0 Å². The monoisotopic (exact) mass is 597 g/mol. The number of aliphatic carboxylic acids is 1. The highest BCUT2D eigenvalue weighted by Gasteiger charge is 2.54. The second-order valence-corrected chi connectivity index (χ2v) is 11.1. The van der Waals surface area contributed by atoms with Crippen LogP contribution in [0.1, 0.15) is 13.8 Å². The summed E-state index contributed by atoms with van der Waals surface area (Å²) in [5.41, 5.74) is 0.299. The third kappa shape index (κ3) is 5.48. The highest BCUT2D eigenvalue weighted by Crippen LogP contribution is 2.41. The zero-order valence-electron chi connectivity index (χ0n) is 21.6. The van der Waals surface area contributed by atoms with E-state index >= 15 is 0 Å². The fourth-order valence-electron chi connectivity index (χ4n) is 4.32. The quantitative estimate of drug-likeness (QED) is 0.128. The Morgan fingerprint density at radius 1 is 1.20 bits per heavy atom. The molecule has 4 heterocycles. The first-order valence-corrected chi connectivity index (χ1v) is 14.1. The number of aromatic nitrogens is 4. The first-order chi connectivity index (χ1) is 19.0. The lowest BCUT2D eigenvalue weighted by Crippen LogP contribution is -2.72. The van der Waals surface area contributed by atoms with Gasteiger partial charge in [-0.1, -0.05) is 11.8 Å². The van der Waals surface area contributed by atoms with Crippen LogP contribution in [0, 0.1) is 0 Å². The fraction of sp³-hybridized carbons (Fsp3) is 0.571. The van der Waals surface area contributed by atoms with Crippen molar-refractivity contribution in [1.29, 1.82) is 0 Å². The molecule has 0 radical (unpaired) electrons. The van der Waals surface area contributed by atoms with Gasteiger partial charge >= 0.3 is 23.8 Å². The van der Waals surface area contributed by atoms with Crippen LogP contribution < -0.4 is 10.6 Å². The molecule has 40 heavy (non-hydrogen) atoms. The summed E-state index contributed by atoms with van der Waals surface area (Å²) >= 11 is 2.46. The molecule has 19 heteroatoms. The number of amides is 6. The van der Waals surface area contributed by atoms with Crippen molar-refractivity contribution < 1.29 is 39.0 Å². The van der Waals surface area contributed by atoms with E-state index in [1.54, 1.807) is 14.0 Å². The van der Waals surface area contributed by atoms with E-state index in [0.717, 1.165) is 4.90 Å². The molecule has 4 atom stereocenters. The van der Waals surface area contributed by atoms with Crippen molar-refractivity contribution in [2.75, 3.05) is 31.1 Å². The van der Waals surface area contributed by atoms with Crippen molar-refractivity contribution in [3.05, 3.63) is 11.3 Å². The molecule has 2 saturated heterocycles. The number of hydrogen-bond acceptors (Lipinski definition) is 12. The number of thioether (sulfide) groups is 2. The molecular formula is C21H27N9O8S2. The summed E-state index contributed by atoms with van der Waals surface area (Å²) in [5, 5.41) is 35.6. The maximum atomic E-state index is 13.0. The summed E-state index contributed by atoms with van der Waals surface area (Å²) in [4.78, 5) is 78.3. The van der Waals surface area contributed by atoms with Crippen molar-refractivity contribution in [3.8, 4) is 0 Å². The average molecular weight is 598 g/mol. The number of nitrogens with zero attached hydrogens (tertiary/aromatic N) is 7. The van der Waals surface area contributed by atoms with Crippen LogP contribution >= 0.6 is 23.5 Å². The van der Waals surface area contributed by atoms with Gasteiger partial charge in [0.05, 0.1) is 6.10 Å². The molecule has 4 N–H and O–H groups in total. The van der Waals surface area contributed by atoms with E-state index < -0.39 is 59.2 Å². The van der Waals surface area contributed by atoms with Crippen LogP contribution in [-0.4, -0.2) is 135 Å². The summed E-state index contributed by atoms with van der Waals surface area (Å²) in [5.74, 6) is -4.31. The molecular weight excluding hydrogens is 570 g/mol. The minimum absolute atomic E-state index is 0.0920. The average Bonchev–Trinajstić information content (AvgIpc) is 3.33. The minimum atomic E-state index is -1.56. The van der Waals surface area contributed by atoms with E-state index in [2.05, 4.69) is 26.2 Å². The van der Waals surface area contributed by atoms with Crippen molar-refractivity contribution in [3.63, 3.8) is 0 Å². The van der Waals surface area contributed by atoms with Gasteiger partial charge in [0.2, 0.25) is 11.1 Å². The molecule has 1 aromatic rings. The maximum Gasteiger partial charge on any atom is 0.352 e. The lowest BCUT2D eigenvalue weighted by molar-refractivity contribution is -0.153. The normalized spacial score (nSPS) is 22.5. The third-order valence-electron chi connectivity index (χ3n) is 6.48. The van der Waals surface area contributed by atoms with E-state index in [-0.39, 0.29) is 30.3 Å². The molecule has 0 saturated carbocycles. The van der Waals surface area contributed by atoms with E-state index in [1.165, 1.54) is 40.0 Å². The van der Waals surface area contributed by atoms with E-state index in [0.29, 0.717) is 22.2 Å². The molecule has 6 amide bonds. The number of rotatable bonds is 9. The molecule has 4 unspecified atom stereocenters. The summed E-state index contributed by atoms with van der Waals surface area (Å²) in [6.07, 6.45) is -1.43. The number of aryl methyl sites for hydroxylation is 1. The zero-order valence-corrected chi connectivity index (χ0v) is 23.3. The number of likely N-dealkylation sites (N-methyl/N-ethyl adjacent to an activating group) is 1. The van der Waals surface area contributed by atoms with Gasteiger partial charge in [-0.15, -0.1) is 16.9 Å². The number of aliphatic hydroxyl groups is 1. The Balaban J connectivity index is 1.41. The van der Waals surface area contributed by atoms with E-state index in [9.17, 15) is 39.0 Å². The van der Waals surface area contributed by atoms with E-state index in [1.807, 2.05) is 0 Å². The Morgan fingerprint density at radius 3 is 2.52 bits per heavy atom. The summed E-state index contributed by atoms with van der Waals surface area (Å²) in [6.45, 7) is 3.25. The van der Waals surface area contributed by atoms with Gasteiger partial charge in [0.15, 0.2) is 0 Å². The molecule has 1 aromatic heterocycles. The third-order valence-corrected chi connectivity index (χ3v) is 8.92. The predicted molar refractivity (Wildman–Crippen MR) is 137 cm³/mol. The number of fused-ring (bicyclic) bond motifs is 1. The SMILES string of the molecule is CCN1CCN(C(=O)NC(C(=O)NC2C(=O)N3C(C(=O)O)=C(CSc4nnnn4C)CSC23)C(C)O)C(=O)C1=O. The Bertz CT molecular complexity index is 1280. The first-order valence-electron chi connectivity index (χ1n) is 12.1. The number of urea groups is 1. The number of carboxylic acid groups (broad SMARTS) is 1. The van der Waals surface area contributed by atoms with Crippen molar-refractivity contribution in [1.82, 2.24) is 45.5 Å². The zero-order chi connectivity index (χ0) is 29.3. The smallest absolute Gasteiger partial charge is 0.352 e. The Hall–Kier alpha value is -3.71. The molecule has 4 rings (SSSR count). The molecule has 0 spiro atoms. The number of piperazine rings is 1. The minimum Gasteiger partial charge on any atom is -0.477 e. The van der Waals surface area contributed by atoms with Gasteiger partial charge in [-0.2, -0.15) is 0 Å². The number of carbonyl (C=O) groups is 6. The van der Waals surface area contributed by atoms with Crippen LogP contribution in [0.4, 0.5) is 4.79 Å². The first kappa shape index (κ1) is 29.3. The van der Waals surface area contributed by atoms with Gasteiger partial charge in [0, 0.05) is 38.2 Å². The van der Waals surface area contributed by atoms with Gasteiger partial charge in [-0.05, 0) is 29.8 Å². The van der Waals surface area contributed by atoms with Crippen LogP contribution in [0.25, 0.3) is 0 Å². The Labute approximate surface area is 235 Å². The maximum absolute atomic E-state index is 13.0. The van der Waals surface area contributed by atoms with Crippen molar-refractivity contribution in [2.45, 2.75) is 42.6 Å². The van der Waals surface area contributed by atoms with Crippen LogP contribution in [0.2, 0.25) is 0 Å². The lowest BCUT2D eigenvalue weighted by Gasteiger charge is -2.49. The number of aliphatic hydroxyl groups excluding tert-OH is 1. The number of β-lactam (4-membered cyclic amide) rings is 1. The number of carboxylic acids is 1. The van der Waals surface area contributed by atoms with Gasteiger partial charge in [0.1, 0.15) is 23.2 Å². The largest absolute Gasteiger partial charge is 0.477 e. The molecule has 0 aromatic carbocycles. The number of carbonyl (C=O) groups excluding carboxylic acids is 5. The highest BCUT2D eigenvalue weighted by atomic mass is 32.2. The van der Waals surface area contributed by atoms with Gasteiger partial charge < -0.3 is 25.7 Å². The Morgan fingerprint density at radius 2 is 1.93 bits per heavy atom. The molecule has 3 aliphatic rings. The number of imide groups is 1. The molecule has 2 fully saturated rings. The molecule has 0 aliphatic carbocycles. The van der Waals surface area contributed by atoms with Crippen LogP contribution in [0.3, 0.4) is 0 Å². The second kappa shape index (κ2) is 11.8. The standard InChI is InChI=1S/C21H27N9O8S2/c1-4-28-5-6-29(17(35)16(28)34)20(38)23-11(9(2)31)14(32)22-12-15(33)30-13(19(36)37)10(7-39-18(12)30)8-40-21-24-25-26-27(21)3/h9,11-12,18,31H,4-8H2,1-3H3,(H,22,32)(H,23,38)(H,36,37). The molecule has 3 aliphatic heterocycles. The number of nitrogens with one attached hydrogen (secondary N) is 2. The van der Waals surface area contributed by atoms with E-state index in [4.69, 9.17) is 0 Å². The van der Waals surface area contributed by atoms with Gasteiger partial charge in [0.25, 0.3) is 5.91 Å². The molecule has 0 bridgehead atoms. The van der Waals surface area contributed by atoms with Crippen LogP contribution in [0.15, 0.2) is 16.4 Å². The molecule has 216 valence electrons. The second-order valence-electron chi connectivity index (χ2n) is 9.04. The lowest BCUT2D eigenvalue weighted by atomic mass is 10.0. The van der Waals surface area contributed by atoms with Crippen molar-refractivity contribution >= 4 is 59.2 Å².